The van der Waals surface area contributed by atoms with Crippen molar-refractivity contribution < 1.29 is 19.1 Å². The van der Waals surface area contributed by atoms with E-state index in [-0.39, 0.29) is 11.2 Å². The van der Waals surface area contributed by atoms with Crippen molar-refractivity contribution in [2.24, 2.45) is 23.2 Å². The summed E-state index contributed by atoms with van der Waals surface area (Å²) in [4.78, 5) is 34.0. The van der Waals surface area contributed by atoms with E-state index >= 15 is 0 Å². The molecular formula is C31H41N2O4+. The van der Waals surface area contributed by atoms with Gasteiger partial charge in [0.15, 0.2) is 11.5 Å². The molecule has 5 rings (SSSR count). The van der Waals surface area contributed by atoms with Crippen molar-refractivity contribution >= 4 is 24.4 Å². The molecule has 37 heavy (non-hydrogen) atoms. The monoisotopic (exact) mass is 505 g/mol. The van der Waals surface area contributed by atoms with Gasteiger partial charge in [0.05, 0.1) is 20.7 Å². The van der Waals surface area contributed by atoms with Crippen molar-refractivity contribution in [2.45, 2.75) is 70.6 Å². The van der Waals surface area contributed by atoms with Crippen LogP contribution in [0, 0.1) is 23.2 Å². The van der Waals surface area contributed by atoms with Gasteiger partial charge in [0.1, 0.15) is 0 Å². The molecule has 0 aromatic heterocycles. The van der Waals surface area contributed by atoms with Crippen LogP contribution in [-0.2, 0) is 19.1 Å². The van der Waals surface area contributed by atoms with Gasteiger partial charge < -0.3 is 4.74 Å². The van der Waals surface area contributed by atoms with E-state index in [9.17, 15) is 14.4 Å². The van der Waals surface area contributed by atoms with E-state index in [1.165, 1.54) is 29.6 Å². The lowest BCUT2D eigenvalue weighted by Crippen LogP contribution is -2.52. The molecule has 2 fully saturated rings. The van der Waals surface area contributed by atoms with Crippen LogP contribution < -0.4 is 10.0 Å². The molecule has 2 saturated carbocycles. The first-order chi connectivity index (χ1) is 17.8. The van der Waals surface area contributed by atoms with Gasteiger partial charge in [-0.15, -0.1) is 0 Å². The lowest BCUT2D eigenvalue weighted by Gasteiger charge is -2.53. The zero-order valence-corrected chi connectivity index (χ0v) is 22.5. The molecule has 1 amide bonds. The molecule has 0 spiro atoms. The Bertz CT molecular complexity index is 1120. The van der Waals surface area contributed by atoms with Crippen LogP contribution in [0.1, 0.15) is 76.2 Å². The van der Waals surface area contributed by atoms with E-state index in [2.05, 4.69) is 36.6 Å². The fraction of sp³-hybridized carbons (Fsp3) is 0.581. The number of ketones is 1. The Hall–Kier alpha value is -2.73. The van der Waals surface area contributed by atoms with Crippen molar-refractivity contribution in [3.63, 3.8) is 0 Å². The summed E-state index contributed by atoms with van der Waals surface area (Å²) in [5, 5.41) is 0. The Morgan fingerprint density at radius 2 is 1.86 bits per heavy atom. The summed E-state index contributed by atoms with van der Waals surface area (Å²) in [6.45, 7) is 3.60. The number of quaternary nitrogens is 1. The molecule has 0 heterocycles. The Morgan fingerprint density at radius 1 is 1.08 bits per heavy atom. The Kier molecular flexibility index (Phi) is 7.14. The SMILES string of the molecule is C[C@]12C[C@H](c3ccc([N+](C)(C)NC=O)cc3)C3=C4CCC(=O)C=C4CC[C@H]3[C@@H]1CC[C@@H]2CCCOC=O. The summed E-state index contributed by atoms with van der Waals surface area (Å²) in [6.07, 6.45) is 12.0. The molecule has 6 heteroatoms. The second-order valence-electron chi connectivity index (χ2n) is 12.3. The van der Waals surface area contributed by atoms with Crippen molar-refractivity contribution in [2.75, 3.05) is 20.7 Å². The molecule has 1 N–H and O–H groups in total. The normalized spacial score (nSPS) is 31.1. The number of hydrogen-bond acceptors (Lipinski definition) is 4. The average molecular weight is 506 g/mol. The minimum Gasteiger partial charge on any atom is -0.468 e. The first kappa shape index (κ1) is 25.9. The van der Waals surface area contributed by atoms with Crippen LogP contribution in [-0.4, -0.2) is 39.4 Å². The maximum atomic E-state index is 12.3. The fourth-order valence-electron chi connectivity index (χ4n) is 8.28. The number of ether oxygens (including phenoxy) is 1. The van der Waals surface area contributed by atoms with E-state index in [1.54, 1.807) is 5.57 Å². The zero-order chi connectivity index (χ0) is 26.2. The standard InChI is InChI=1S/C31H40N2O4/c1-31-18-28(21-6-10-24(11-7-21)33(2,3)32-19-34)30-26-14-12-25(36)17-22(26)8-13-27(30)29(31)15-9-23(31)5-4-16-37-20-35/h6-7,10-11,17,19-20,23,27-29H,4-5,8-9,12-16,18H2,1-3H3/p+1/t23-,27-,28+,29-,31+/m0/s1. The number of carbonyl (C=O) groups excluding carboxylic acids is 3. The van der Waals surface area contributed by atoms with Gasteiger partial charge in [-0.1, -0.05) is 24.6 Å². The number of rotatable bonds is 9. The van der Waals surface area contributed by atoms with Gasteiger partial charge in [-0.05, 0) is 97.3 Å². The Morgan fingerprint density at radius 3 is 2.59 bits per heavy atom. The first-order valence-electron chi connectivity index (χ1n) is 14.0. The predicted molar refractivity (Wildman–Crippen MR) is 144 cm³/mol. The van der Waals surface area contributed by atoms with Crippen LogP contribution >= 0.6 is 0 Å². The molecule has 0 aliphatic heterocycles. The summed E-state index contributed by atoms with van der Waals surface area (Å²) in [6, 6.07) is 8.81. The molecule has 1 aromatic rings. The van der Waals surface area contributed by atoms with Crippen LogP contribution in [0.3, 0.4) is 0 Å². The number of hydrogen-bond donors (Lipinski definition) is 1. The van der Waals surface area contributed by atoms with Crippen LogP contribution in [0.2, 0.25) is 0 Å². The van der Waals surface area contributed by atoms with Crippen molar-refractivity contribution in [1.29, 1.82) is 0 Å². The minimum atomic E-state index is 0.249. The topological polar surface area (TPSA) is 72.5 Å². The Labute approximate surface area is 220 Å². The summed E-state index contributed by atoms with van der Waals surface area (Å²) in [5.74, 6) is 2.51. The highest BCUT2D eigenvalue weighted by atomic mass is 16.5. The summed E-state index contributed by atoms with van der Waals surface area (Å²) in [5.41, 5.74) is 9.88. The van der Waals surface area contributed by atoms with Gasteiger partial charge in [-0.25, -0.2) is 5.43 Å². The lowest BCUT2D eigenvalue weighted by molar-refractivity contribution is -0.129. The number of nitrogens with zero attached hydrogens (tertiary/aromatic N) is 1. The predicted octanol–water partition coefficient (Wildman–Crippen LogP) is 5.38. The molecule has 6 nitrogen and oxygen atoms in total. The maximum Gasteiger partial charge on any atom is 0.293 e. The average Bonchev–Trinajstić information content (AvgIpc) is 3.21. The third kappa shape index (κ3) is 4.69. The second kappa shape index (κ2) is 10.2. The number of nitrogens with one attached hydrogen (secondary N) is 1. The maximum absolute atomic E-state index is 12.3. The molecule has 0 radical (unpaired) electrons. The van der Waals surface area contributed by atoms with E-state index < -0.39 is 0 Å². The van der Waals surface area contributed by atoms with Gasteiger partial charge in [0.2, 0.25) is 0 Å². The van der Waals surface area contributed by atoms with E-state index in [4.69, 9.17) is 4.74 Å². The smallest absolute Gasteiger partial charge is 0.293 e. The molecule has 1 aromatic carbocycles. The summed E-state index contributed by atoms with van der Waals surface area (Å²) >= 11 is 0. The summed E-state index contributed by atoms with van der Waals surface area (Å²) in [7, 11) is 3.93. The summed E-state index contributed by atoms with van der Waals surface area (Å²) < 4.78 is 5.31. The first-order valence-corrected chi connectivity index (χ1v) is 14.0. The third-order valence-corrected chi connectivity index (χ3v) is 10.1. The molecule has 0 bridgehead atoms. The number of allylic oxidation sites excluding steroid dienone is 4. The van der Waals surface area contributed by atoms with Gasteiger partial charge in [-0.2, -0.15) is 4.59 Å². The van der Waals surface area contributed by atoms with Crippen molar-refractivity contribution in [1.82, 2.24) is 10.0 Å². The molecule has 4 aliphatic carbocycles. The van der Waals surface area contributed by atoms with Crippen molar-refractivity contribution in [3.8, 4) is 0 Å². The van der Waals surface area contributed by atoms with E-state index in [0.717, 1.165) is 50.6 Å². The van der Waals surface area contributed by atoms with Gasteiger partial charge in [0.25, 0.3) is 12.9 Å². The highest BCUT2D eigenvalue weighted by molar-refractivity contribution is 5.93. The second-order valence-corrected chi connectivity index (χ2v) is 12.3. The quantitative estimate of drug-likeness (QED) is 0.212. The molecule has 4 aliphatic rings. The van der Waals surface area contributed by atoms with Crippen LogP contribution in [0.25, 0.3) is 0 Å². The number of benzene rings is 1. The largest absolute Gasteiger partial charge is 0.468 e. The third-order valence-electron chi connectivity index (χ3n) is 10.1. The van der Waals surface area contributed by atoms with Crippen LogP contribution in [0.5, 0.6) is 0 Å². The van der Waals surface area contributed by atoms with E-state index in [0.29, 0.717) is 47.8 Å². The number of amides is 1. The zero-order valence-electron chi connectivity index (χ0n) is 22.5. The van der Waals surface area contributed by atoms with Crippen LogP contribution in [0.4, 0.5) is 5.69 Å². The molecular weight excluding hydrogens is 464 g/mol. The van der Waals surface area contributed by atoms with E-state index in [1.807, 2.05) is 20.2 Å². The van der Waals surface area contributed by atoms with Gasteiger partial charge in [-0.3, -0.25) is 14.4 Å². The Balaban J connectivity index is 1.53. The molecule has 0 saturated heterocycles. The lowest BCUT2D eigenvalue weighted by atomic mass is 9.51. The fourth-order valence-corrected chi connectivity index (χ4v) is 8.28. The highest BCUT2D eigenvalue weighted by Gasteiger charge is 2.56. The van der Waals surface area contributed by atoms with Crippen molar-refractivity contribution in [3.05, 3.63) is 52.6 Å². The molecule has 5 atom stereocenters. The van der Waals surface area contributed by atoms with Gasteiger partial charge >= 0.3 is 0 Å². The molecule has 198 valence electrons. The minimum absolute atomic E-state index is 0.249. The van der Waals surface area contributed by atoms with Gasteiger partial charge in [0, 0.05) is 24.5 Å². The highest BCUT2D eigenvalue weighted by Crippen LogP contribution is 2.66. The van der Waals surface area contributed by atoms with Crippen LogP contribution in [0.15, 0.2) is 47.1 Å². The molecule has 0 unspecified atom stereocenters. The number of fused-ring (bicyclic) bond motifs is 4. The number of carbonyl (C=O) groups is 3.